The summed E-state index contributed by atoms with van der Waals surface area (Å²) in [5.41, 5.74) is 1.13. The van der Waals surface area contributed by atoms with Crippen molar-refractivity contribution in [2.75, 3.05) is 6.61 Å². The summed E-state index contributed by atoms with van der Waals surface area (Å²) < 4.78 is 17.2. The van der Waals surface area contributed by atoms with E-state index in [1.165, 1.54) is 18.2 Å². The Kier molecular flexibility index (Phi) is 3.83. The third-order valence-corrected chi connectivity index (χ3v) is 4.78. The minimum absolute atomic E-state index is 0.0117. The number of benzene rings is 1. The third-order valence-electron chi connectivity index (χ3n) is 4.78. The first-order valence-corrected chi connectivity index (χ1v) is 8.52. The summed E-state index contributed by atoms with van der Waals surface area (Å²) in [7, 11) is 0. The van der Waals surface area contributed by atoms with Gasteiger partial charge in [0.25, 0.3) is 0 Å². The van der Waals surface area contributed by atoms with Crippen molar-refractivity contribution in [3.63, 3.8) is 0 Å². The maximum atomic E-state index is 12.9. The smallest absolute Gasteiger partial charge is 0.335 e. The zero-order valence-electron chi connectivity index (χ0n) is 14.4. The lowest BCUT2D eigenvalue weighted by molar-refractivity contribution is 0.0697. The highest BCUT2D eigenvalue weighted by molar-refractivity contribution is 5.93. The number of furan rings is 1. The van der Waals surface area contributed by atoms with E-state index >= 15 is 0 Å². The highest BCUT2D eigenvalue weighted by Gasteiger charge is 2.46. The second-order valence-electron chi connectivity index (χ2n) is 6.49. The first-order valence-electron chi connectivity index (χ1n) is 8.52. The topological polar surface area (TPSA) is 89.9 Å². The quantitative estimate of drug-likeness (QED) is 0.743. The molecule has 26 heavy (non-hydrogen) atoms. The molecule has 1 aliphatic rings. The number of fused-ring (bicyclic) bond motifs is 1. The van der Waals surface area contributed by atoms with E-state index in [0.717, 1.165) is 17.7 Å². The predicted molar refractivity (Wildman–Crippen MR) is 94.2 cm³/mol. The average Bonchev–Trinajstić information content (AvgIpc) is 3.29. The fraction of sp³-hybridized carbons (Fsp3) is 0.300. The lowest BCUT2D eigenvalue weighted by Gasteiger charge is -2.10. The molecule has 0 spiro atoms. The summed E-state index contributed by atoms with van der Waals surface area (Å²) in [4.78, 5) is 24.1. The zero-order chi connectivity index (χ0) is 18.4. The van der Waals surface area contributed by atoms with Gasteiger partial charge in [-0.25, -0.2) is 4.79 Å². The minimum atomic E-state index is -1.09. The van der Waals surface area contributed by atoms with Crippen LogP contribution in [-0.4, -0.2) is 17.7 Å². The van der Waals surface area contributed by atoms with E-state index in [9.17, 15) is 9.59 Å². The van der Waals surface area contributed by atoms with Gasteiger partial charge in [-0.15, -0.1) is 0 Å². The second-order valence-corrected chi connectivity index (χ2v) is 6.49. The predicted octanol–water partition coefficient (Wildman–Crippen LogP) is 4.06. The van der Waals surface area contributed by atoms with Crippen molar-refractivity contribution in [1.29, 1.82) is 0 Å². The van der Waals surface area contributed by atoms with Crippen LogP contribution in [0.2, 0.25) is 0 Å². The molecule has 6 nitrogen and oxygen atoms in total. The molecule has 2 atom stereocenters. The van der Waals surface area contributed by atoms with Gasteiger partial charge >= 0.3 is 5.97 Å². The van der Waals surface area contributed by atoms with Crippen LogP contribution in [0, 0.1) is 6.92 Å². The van der Waals surface area contributed by atoms with Gasteiger partial charge in [-0.05, 0) is 50.1 Å². The first kappa shape index (κ1) is 16.4. The van der Waals surface area contributed by atoms with E-state index in [-0.39, 0.29) is 34.0 Å². The molecule has 2 aromatic heterocycles. The molecule has 0 bridgehead atoms. The maximum Gasteiger partial charge on any atom is 0.335 e. The molecule has 134 valence electrons. The van der Waals surface area contributed by atoms with Gasteiger partial charge in [0.2, 0.25) is 11.2 Å². The molecule has 0 amide bonds. The molecular formula is C20H18O6. The lowest BCUT2D eigenvalue weighted by Crippen LogP contribution is -2.12. The molecule has 2 unspecified atom stereocenters. The van der Waals surface area contributed by atoms with Crippen molar-refractivity contribution in [3.05, 3.63) is 63.4 Å². The SMILES string of the molecule is CCOc1c(C2CC2c2occc2C)oc2ccc(C(=O)O)cc2c1=O. The second kappa shape index (κ2) is 6.05. The van der Waals surface area contributed by atoms with Crippen molar-refractivity contribution in [2.24, 2.45) is 0 Å². The van der Waals surface area contributed by atoms with E-state index < -0.39 is 5.97 Å². The van der Waals surface area contributed by atoms with Crippen LogP contribution in [-0.2, 0) is 0 Å². The van der Waals surface area contributed by atoms with Crippen LogP contribution in [0.5, 0.6) is 5.75 Å². The molecule has 3 aromatic rings. The molecule has 1 aromatic carbocycles. The summed E-state index contributed by atoms with van der Waals surface area (Å²) in [5, 5.41) is 9.36. The van der Waals surface area contributed by atoms with Crippen molar-refractivity contribution in [3.8, 4) is 5.75 Å². The van der Waals surface area contributed by atoms with Crippen LogP contribution >= 0.6 is 0 Å². The van der Waals surface area contributed by atoms with Gasteiger partial charge in [-0.2, -0.15) is 0 Å². The highest BCUT2D eigenvalue weighted by Crippen LogP contribution is 2.57. The fourth-order valence-electron chi connectivity index (χ4n) is 3.39. The van der Waals surface area contributed by atoms with E-state index in [0.29, 0.717) is 18.0 Å². The van der Waals surface area contributed by atoms with Crippen LogP contribution in [0.15, 0.2) is 44.2 Å². The summed E-state index contributed by atoms with van der Waals surface area (Å²) in [6, 6.07) is 6.20. The summed E-state index contributed by atoms with van der Waals surface area (Å²) >= 11 is 0. The van der Waals surface area contributed by atoms with E-state index in [2.05, 4.69) is 0 Å². The van der Waals surface area contributed by atoms with Crippen LogP contribution in [0.1, 0.15) is 52.6 Å². The standard InChI is InChI=1S/C20H18O6/c1-3-24-19-16(21)14-8-11(20(22)23)4-5-15(14)26-18(19)13-9-12(13)17-10(2)6-7-25-17/h4-8,12-13H,3,9H2,1-2H3,(H,22,23). The Morgan fingerprint density at radius 2 is 2.04 bits per heavy atom. The van der Waals surface area contributed by atoms with Crippen molar-refractivity contribution < 1.29 is 23.5 Å². The van der Waals surface area contributed by atoms with E-state index in [4.69, 9.17) is 18.7 Å². The summed E-state index contributed by atoms with van der Waals surface area (Å²) in [5.74, 6) is 0.651. The normalized spacial score (nSPS) is 18.8. The Morgan fingerprint density at radius 1 is 1.27 bits per heavy atom. The van der Waals surface area contributed by atoms with Crippen molar-refractivity contribution in [2.45, 2.75) is 32.1 Å². The molecule has 1 fully saturated rings. The average molecular weight is 354 g/mol. The maximum absolute atomic E-state index is 12.9. The Hall–Kier alpha value is -3.02. The zero-order valence-corrected chi connectivity index (χ0v) is 14.4. The first-order chi connectivity index (χ1) is 12.5. The largest absolute Gasteiger partial charge is 0.487 e. The molecule has 0 radical (unpaired) electrons. The van der Waals surface area contributed by atoms with Crippen LogP contribution < -0.4 is 10.2 Å². The number of aromatic carboxylic acids is 1. The van der Waals surface area contributed by atoms with Gasteiger partial charge < -0.3 is 18.7 Å². The van der Waals surface area contributed by atoms with Gasteiger partial charge in [-0.3, -0.25) is 4.79 Å². The lowest BCUT2D eigenvalue weighted by atomic mass is 10.1. The van der Waals surface area contributed by atoms with Crippen LogP contribution in [0.3, 0.4) is 0 Å². The Bertz CT molecular complexity index is 1060. The van der Waals surface area contributed by atoms with Crippen molar-refractivity contribution in [1.82, 2.24) is 0 Å². The molecule has 2 heterocycles. The molecule has 6 heteroatoms. The number of carbonyl (C=O) groups is 1. The summed E-state index contributed by atoms with van der Waals surface area (Å²) in [6.07, 6.45) is 2.48. The van der Waals surface area contributed by atoms with Gasteiger partial charge in [0.15, 0.2) is 5.76 Å². The minimum Gasteiger partial charge on any atom is -0.487 e. The third kappa shape index (κ3) is 2.58. The van der Waals surface area contributed by atoms with Crippen LogP contribution in [0.4, 0.5) is 0 Å². The molecular weight excluding hydrogens is 336 g/mol. The number of rotatable bonds is 5. The van der Waals surface area contributed by atoms with Gasteiger partial charge in [-0.1, -0.05) is 0 Å². The number of ether oxygens (including phenoxy) is 1. The molecule has 1 N–H and O–H groups in total. The molecule has 1 saturated carbocycles. The monoisotopic (exact) mass is 354 g/mol. The Labute approximate surface area is 149 Å². The van der Waals surface area contributed by atoms with E-state index in [1.807, 2.05) is 13.0 Å². The molecule has 0 saturated heterocycles. The number of aryl methyl sites for hydroxylation is 1. The Morgan fingerprint density at radius 3 is 2.69 bits per heavy atom. The fourth-order valence-corrected chi connectivity index (χ4v) is 3.39. The van der Waals surface area contributed by atoms with Crippen LogP contribution in [0.25, 0.3) is 11.0 Å². The molecule has 0 aliphatic heterocycles. The molecule has 4 rings (SSSR count). The van der Waals surface area contributed by atoms with Crippen molar-refractivity contribution >= 4 is 16.9 Å². The van der Waals surface area contributed by atoms with Gasteiger partial charge in [0, 0.05) is 11.8 Å². The Balaban J connectivity index is 1.83. The number of hydrogen-bond donors (Lipinski definition) is 1. The van der Waals surface area contributed by atoms with Gasteiger partial charge in [0.05, 0.1) is 23.8 Å². The number of carboxylic acid groups (broad SMARTS) is 1. The number of carboxylic acids is 1. The highest BCUT2D eigenvalue weighted by atomic mass is 16.5. The van der Waals surface area contributed by atoms with Gasteiger partial charge in [0.1, 0.15) is 11.3 Å². The molecule has 1 aliphatic carbocycles. The van der Waals surface area contributed by atoms with E-state index in [1.54, 1.807) is 13.2 Å². The summed E-state index contributed by atoms with van der Waals surface area (Å²) in [6.45, 7) is 4.10. The number of hydrogen-bond acceptors (Lipinski definition) is 5.